The van der Waals surface area contributed by atoms with Crippen LogP contribution in [0, 0.1) is 6.92 Å². The third-order valence-corrected chi connectivity index (χ3v) is 6.51. The van der Waals surface area contributed by atoms with Gasteiger partial charge < -0.3 is 0 Å². The molecular weight excluding hydrogens is 374 g/mol. The molecule has 0 unspecified atom stereocenters. The van der Waals surface area contributed by atoms with Crippen molar-refractivity contribution in [3.05, 3.63) is 54.0 Å². The van der Waals surface area contributed by atoms with Crippen LogP contribution in [-0.2, 0) is 21.2 Å². The largest absolute Gasteiger partial charge is 0.291 e. The third-order valence-electron chi connectivity index (χ3n) is 3.72. The van der Waals surface area contributed by atoms with Crippen LogP contribution in [0.3, 0.4) is 0 Å². The molecule has 3 aromatic rings. The zero-order chi connectivity index (χ0) is 18.9. The third kappa shape index (κ3) is 3.82. The van der Waals surface area contributed by atoms with Crippen molar-refractivity contribution in [2.24, 2.45) is 5.14 Å². The Morgan fingerprint density at radius 2 is 2.00 bits per heavy atom. The first kappa shape index (κ1) is 18.2. The molecule has 3 rings (SSSR count). The SMILES string of the molecule is Cc1nc(N(C)C(=O)Cc2ccc(-n3cccn3)cc2)sc1S(N)(=O)=O. The second-order valence-electron chi connectivity index (χ2n) is 5.66. The predicted octanol–water partition coefficient (Wildman–Crippen LogP) is 1.49. The molecule has 1 amide bonds. The molecule has 8 nitrogen and oxygen atoms in total. The first-order chi connectivity index (χ1) is 12.3. The van der Waals surface area contributed by atoms with E-state index < -0.39 is 10.0 Å². The predicted molar refractivity (Wildman–Crippen MR) is 98.9 cm³/mol. The number of hydrogen-bond acceptors (Lipinski definition) is 6. The highest BCUT2D eigenvalue weighted by Crippen LogP contribution is 2.28. The minimum Gasteiger partial charge on any atom is -0.291 e. The summed E-state index contributed by atoms with van der Waals surface area (Å²) < 4.78 is 24.7. The molecule has 10 heteroatoms. The van der Waals surface area contributed by atoms with Gasteiger partial charge in [-0.2, -0.15) is 5.10 Å². The summed E-state index contributed by atoms with van der Waals surface area (Å²) in [5.74, 6) is -0.202. The molecule has 0 saturated carbocycles. The van der Waals surface area contributed by atoms with Gasteiger partial charge in [0.25, 0.3) is 0 Å². The number of aromatic nitrogens is 3. The van der Waals surface area contributed by atoms with Gasteiger partial charge in [-0.3, -0.25) is 9.69 Å². The Kier molecular flexibility index (Phi) is 4.90. The summed E-state index contributed by atoms with van der Waals surface area (Å²) in [7, 11) is -2.29. The number of hydrogen-bond donors (Lipinski definition) is 1. The summed E-state index contributed by atoms with van der Waals surface area (Å²) in [6.07, 6.45) is 3.69. The molecule has 0 radical (unpaired) electrons. The minimum absolute atomic E-state index is 0.0317. The summed E-state index contributed by atoms with van der Waals surface area (Å²) in [6, 6.07) is 9.29. The molecule has 2 N–H and O–H groups in total. The number of sulfonamides is 1. The Bertz CT molecular complexity index is 1020. The lowest BCUT2D eigenvalue weighted by Crippen LogP contribution is -2.27. The number of likely N-dealkylation sites (N-methyl/N-ethyl adjacent to an activating group) is 1. The number of primary sulfonamides is 1. The molecule has 2 heterocycles. The van der Waals surface area contributed by atoms with E-state index in [4.69, 9.17) is 5.14 Å². The molecule has 1 aromatic carbocycles. The van der Waals surface area contributed by atoms with Gasteiger partial charge in [-0.25, -0.2) is 23.2 Å². The minimum atomic E-state index is -3.85. The molecule has 0 aliphatic rings. The number of carbonyl (C=O) groups excluding carboxylic acids is 1. The van der Waals surface area contributed by atoms with Gasteiger partial charge in [-0.1, -0.05) is 23.5 Å². The monoisotopic (exact) mass is 391 g/mol. The Balaban J connectivity index is 1.73. The van der Waals surface area contributed by atoms with Gasteiger partial charge in [-0.05, 0) is 30.7 Å². The molecule has 0 spiro atoms. The first-order valence-corrected chi connectivity index (χ1v) is 9.98. The number of carbonyl (C=O) groups is 1. The second kappa shape index (κ2) is 6.98. The maximum Gasteiger partial charge on any atom is 0.249 e. The topological polar surface area (TPSA) is 111 Å². The number of nitrogens with two attached hydrogens (primary N) is 1. The summed E-state index contributed by atoms with van der Waals surface area (Å²) in [5.41, 5.74) is 2.02. The number of nitrogens with zero attached hydrogens (tertiary/aromatic N) is 4. The molecule has 0 aliphatic heterocycles. The van der Waals surface area contributed by atoms with Crippen molar-refractivity contribution in [3.63, 3.8) is 0 Å². The molecule has 0 aliphatic carbocycles. The van der Waals surface area contributed by atoms with Gasteiger partial charge in [0.05, 0.1) is 17.8 Å². The normalized spacial score (nSPS) is 11.5. The van der Waals surface area contributed by atoms with Crippen LogP contribution in [0.25, 0.3) is 5.69 Å². The van der Waals surface area contributed by atoms with Crippen LogP contribution in [0.15, 0.2) is 46.9 Å². The summed E-state index contributed by atoms with van der Waals surface area (Å²) in [4.78, 5) is 18.0. The van der Waals surface area contributed by atoms with Crippen LogP contribution < -0.4 is 10.0 Å². The summed E-state index contributed by atoms with van der Waals surface area (Å²) in [5, 5.41) is 9.60. The van der Waals surface area contributed by atoms with Gasteiger partial charge in [0.1, 0.15) is 0 Å². The number of benzene rings is 1. The van der Waals surface area contributed by atoms with E-state index in [1.165, 1.54) is 4.90 Å². The Hall–Kier alpha value is -2.56. The van der Waals surface area contributed by atoms with E-state index in [1.54, 1.807) is 24.9 Å². The number of thiazole rings is 1. The molecule has 2 aromatic heterocycles. The van der Waals surface area contributed by atoms with Crippen molar-refractivity contribution in [3.8, 4) is 5.69 Å². The van der Waals surface area contributed by atoms with Gasteiger partial charge in [-0.15, -0.1) is 0 Å². The average Bonchev–Trinajstić information content (AvgIpc) is 3.24. The van der Waals surface area contributed by atoms with Crippen molar-refractivity contribution in [1.82, 2.24) is 14.8 Å². The van der Waals surface area contributed by atoms with Crippen molar-refractivity contribution in [1.29, 1.82) is 0 Å². The van der Waals surface area contributed by atoms with Crippen molar-refractivity contribution >= 4 is 32.4 Å². The molecule has 0 bridgehead atoms. The van der Waals surface area contributed by atoms with E-state index in [9.17, 15) is 13.2 Å². The van der Waals surface area contributed by atoms with E-state index in [0.29, 0.717) is 5.13 Å². The van der Waals surface area contributed by atoms with Crippen LogP contribution in [0.1, 0.15) is 11.3 Å². The lowest BCUT2D eigenvalue weighted by molar-refractivity contribution is -0.117. The van der Waals surface area contributed by atoms with E-state index in [-0.39, 0.29) is 22.2 Å². The fourth-order valence-electron chi connectivity index (χ4n) is 2.36. The summed E-state index contributed by atoms with van der Waals surface area (Å²) >= 11 is 0.884. The zero-order valence-corrected chi connectivity index (χ0v) is 15.8. The highest BCUT2D eigenvalue weighted by Gasteiger charge is 2.22. The summed E-state index contributed by atoms with van der Waals surface area (Å²) in [6.45, 7) is 1.55. The van der Waals surface area contributed by atoms with Crippen molar-refractivity contribution in [2.75, 3.05) is 11.9 Å². The smallest absolute Gasteiger partial charge is 0.249 e. The fourth-order valence-corrected chi connectivity index (χ4v) is 4.29. The average molecular weight is 391 g/mol. The van der Waals surface area contributed by atoms with E-state index in [2.05, 4.69) is 10.1 Å². The molecule has 136 valence electrons. The second-order valence-corrected chi connectivity index (χ2v) is 8.40. The van der Waals surface area contributed by atoms with E-state index in [0.717, 1.165) is 22.6 Å². The molecule has 26 heavy (non-hydrogen) atoms. The maximum absolute atomic E-state index is 12.5. The maximum atomic E-state index is 12.5. The number of amides is 1. The van der Waals surface area contributed by atoms with Crippen LogP contribution in [0.2, 0.25) is 0 Å². The highest BCUT2D eigenvalue weighted by molar-refractivity contribution is 7.91. The molecule has 0 saturated heterocycles. The van der Waals surface area contributed by atoms with Gasteiger partial charge in [0, 0.05) is 19.4 Å². The standard InChI is InChI=1S/C16H17N5O3S2/c1-11-15(26(17,23)24)25-16(19-11)20(2)14(22)10-12-4-6-13(7-5-12)21-9-3-8-18-21/h3-9H,10H2,1-2H3,(H2,17,23,24). The van der Waals surface area contributed by atoms with Crippen LogP contribution in [0.5, 0.6) is 0 Å². The molecule has 0 atom stereocenters. The van der Waals surface area contributed by atoms with Crippen LogP contribution in [-0.4, -0.2) is 36.1 Å². The highest BCUT2D eigenvalue weighted by atomic mass is 32.2. The Morgan fingerprint density at radius 3 is 2.54 bits per heavy atom. The fraction of sp³-hybridized carbons (Fsp3) is 0.188. The van der Waals surface area contributed by atoms with Crippen LogP contribution >= 0.6 is 11.3 Å². The molecular formula is C16H17N5O3S2. The number of aryl methyl sites for hydroxylation is 1. The van der Waals surface area contributed by atoms with Crippen LogP contribution in [0.4, 0.5) is 5.13 Å². The van der Waals surface area contributed by atoms with E-state index in [1.807, 2.05) is 36.5 Å². The lowest BCUT2D eigenvalue weighted by Gasteiger charge is -2.13. The Morgan fingerprint density at radius 1 is 1.31 bits per heavy atom. The molecule has 0 fully saturated rings. The van der Waals surface area contributed by atoms with E-state index >= 15 is 0 Å². The zero-order valence-electron chi connectivity index (χ0n) is 14.2. The Labute approximate surface area is 154 Å². The van der Waals surface area contributed by atoms with Gasteiger partial charge in [0.15, 0.2) is 9.34 Å². The van der Waals surface area contributed by atoms with Gasteiger partial charge >= 0.3 is 0 Å². The lowest BCUT2D eigenvalue weighted by atomic mass is 10.1. The quantitative estimate of drug-likeness (QED) is 0.708. The van der Waals surface area contributed by atoms with Crippen molar-refractivity contribution < 1.29 is 13.2 Å². The number of anilines is 1. The van der Waals surface area contributed by atoms with Gasteiger partial charge in [0.2, 0.25) is 15.9 Å². The number of rotatable bonds is 5. The first-order valence-electron chi connectivity index (χ1n) is 7.61. The van der Waals surface area contributed by atoms with Crippen molar-refractivity contribution in [2.45, 2.75) is 17.6 Å².